The molecule has 0 aliphatic carbocycles. The monoisotopic (exact) mass is 482 g/mol. The smallest absolute Gasteiger partial charge is 0.265 e. The molecule has 0 N–H and O–H groups in total. The van der Waals surface area contributed by atoms with Crippen LogP contribution in [0.2, 0.25) is 0 Å². The van der Waals surface area contributed by atoms with Crippen LogP contribution in [0.4, 0.5) is 5.69 Å². The standard InChI is InChI=1S/C17H15N2S2.C7H8O3S/c1-18-12-7-3-5-9-14(12)20-16(18)11-17-19(2)13-8-4-6-10-15(13)21-17;1-6-4-2-3-5-7(6)11(8,9)10/h3-11H,1-2H3;2-5H,1H3,(H,8,9,10)/q+1;/p-1. The molecule has 0 saturated carbocycles. The number of fused-ring (bicyclic) bond motifs is 2. The number of benzene rings is 3. The predicted octanol–water partition coefficient (Wildman–Crippen LogP) is 5.17. The van der Waals surface area contributed by atoms with E-state index in [1.165, 1.54) is 43.0 Å². The summed E-state index contributed by atoms with van der Waals surface area (Å²) in [5, 5.41) is 2.55. The number of hydrogen-bond donors (Lipinski definition) is 0. The molecule has 1 aromatic heterocycles. The van der Waals surface area contributed by atoms with Crippen LogP contribution in [-0.4, -0.2) is 20.0 Å². The number of rotatable bonds is 2. The molecule has 0 fully saturated rings. The van der Waals surface area contributed by atoms with Crippen molar-refractivity contribution in [3.05, 3.63) is 88.4 Å². The average molecular weight is 483 g/mol. The van der Waals surface area contributed by atoms with Gasteiger partial charge in [-0.3, -0.25) is 0 Å². The Morgan fingerprint density at radius 3 is 2.28 bits per heavy atom. The van der Waals surface area contributed by atoms with E-state index < -0.39 is 10.1 Å². The quantitative estimate of drug-likeness (QED) is 0.291. The first-order chi connectivity index (χ1) is 15.3. The summed E-state index contributed by atoms with van der Waals surface area (Å²) in [6.45, 7) is 1.59. The summed E-state index contributed by atoms with van der Waals surface area (Å²) in [5.41, 5.74) is 3.07. The maximum absolute atomic E-state index is 10.5. The van der Waals surface area contributed by atoms with Crippen LogP contribution in [0, 0.1) is 6.92 Å². The summed E-state index contributed by atoms with van der Waals surface area (Å²) in [6.07, 6.45) is 2.29. The van der Waals surface area contributed by atoms with Gasteiger partial charge < -0.3 is 9.45 Å². The first-order valence-electron chi connectivity index (χ1n) is 9.87. The molecule has 1 aliphatic heterocycles. The van der Waals surface area contributed by atoms with E-state index in [1.54, 1.807) is 19.1 Å². The van der Waals surface area contributed by atoms with Gasteiger partial charge in [0, 0.05) is 18.0 Å². The highest BCUT2D eigenvalue weighted by atomic mass is 32.2. The molecule has 0 bridgehead atoms. The minimum absolute atomic E-state index is 0.139. The predicted molar refractivity (Wildman–Crippen MR) is 131 cm³/mol. The zero-order valence-corrected chi connectivity index (χ0v) is 20.3. The van der Waals surface area contributed by atoms with Crippen molar-refractivity contribution in [1.82, 2.24) is 0 Å². The van der Waals surface area contributed by atoms with Gasteiger partial charge in [0.05, 0.1) is 21.7 Å². The van der Waals surface area contributed by atoms with E-state index in [-0.39, 0.29) is 4.90 Å². The van der Waals surface area contributed by atoms with Gasteiger partial charge in [-0.1, -0.05) is 65.6 Å². The van der Waals surface area contributed by atoms with Crippen molar-refractivity contribution in [2.75, 3.05) is 11.9 Å². The van der Waals surface area contributed by atoms with Gasteiger partial charge in [-0.05, 0) is 36.8 Å². The molecule has 0 atom stereocenters. The Kier molecular flexibility index (Phi) is 6.39. The molecule has 0 saturated heterocycles. The van der Waals surface area contributed by atoms with Crippen LogP contribution in [0.15, 0.2) is 87.6 Å². The number of hydrogen-bond acceptors (Lipinski definition) is 6. The number of thioether (sulfide) groups is 1. The first-order valence-corrected chi connectivity index (χ1v) is 12.9. The zero-order chi connectivity index (χ0) is 22.9. The summed E-state index contributed by atoms with van der Waals surface area (Å²) in [5.74, 6) is 0. The molecule has 0 unspecified atom stereocenters. The van der Waals surface area contributed by atoms with Gasteiger partial charge in [0.1, 0.15) is 21.9 Å². The van der Waals surface area contributed by atoms with Crippen LogP contribution in [-0.2, 0) is 17.2 Å². The van der Waals surface area contributed by atoms with Gasteiger partial charge >= 0.3 is 0 Å². The summed E-state index contributed by atoms with van der Waals surface area (Å²) in [4.78, 5) is 3.46. The SMILES string of the molecule is CN1C(=Cc2sc3ccccc3[n+]2C)Sc2ccccc21.Cc1ccccc1S(=O)(=O)[O-]. The highest BCUT2D eigenvalue weighted by Gasteiger charge is 2.24. The van der Waals surface area contributed by atoms with E-state index >= 15 is 0 Å². The zero-order valence-electron chi connectivity index (χ0n) is 17.8. The topological polar surface area (TPSA) is 64.3 Å². The van der Waals surface area contributed by atoms with Crippen LogP contribution in [0.5, 0.6) is 0 Å². The largest absolute Gasteiger partial charge is 0.744 e. The number of nitrogens with zero attached hydrogens (tertiary/aromatic N) is 2. The van der Waals surface area contributed by atoms with E-state index in [0.717, 1.165) is 0 Å². The van der Waals surface area contributed by atoms with E-state index in [1.807, 2.05) is 23.1 Å². The van der Waals surface area contributed by atoms with Crippen molar-refractivity contribution in [2.45, 2.75) is 16.7 Å². The van der Waals surface area contributed by atoms with Gasteiger partial charge in [-0.25, -0.2) is 8.42 Å². The first kappa shape index (κ1) is 22.5. The molecule has 0 amide bonds. The summed E-state index contributed by atoms with van der Waals surface area (Å²) in [6, 6.07) is 23.2. The molecule has 0 radical (unpaired) electrons. The summed E-state index contributed by atoms with van der Waals surface area (Å²) in [7, 11) is -0.00971. The van der Waals surface area contributed by atoms with Gasteiger partial charge in [-0.2, -0.15) is 4.57 Å². The highest BCUT2D eigenvalue weighted by molar-refractivity contribution is 8.03. The molecule has 8 heteroatoms. The Morgan fingerprint density at radius 2 is 1.62 bits per heavy atom. The second-order valence-electron chi connectivity index (χ2n) is 7.30. The molecule has 0 spiro atoms. The molecule has 164 valence electrons. The van der Waals surface area contributed by atoms with Crippen molar-refractivity contribution >= 4 is 55.2 Å². The number of aromatic nitrogens is 1. The molecule has 2 heterocycles. The minimum atomic E-state index is -4.28. The van der Waals surface area contributed by atoms with Crippen LogP contribution >= 0.6 is 23.1 Å². The van der Waals surface area contributed by atoms with Gasteiger partial charge in [0.25, 0.3) is 5.01 Å². The maximum Gasteiger partial charge on any atom is 0.265 e. The summed E-state index contributed by atoms with van der Waals surface area (Å²) < 4.78 is 35.1. The van der Waals surface area contributed by atoms with Crippen molar-refractivity contribution in [3.63, 3.8) is 0 Å². The number of thiazole rings is 1. The number of para-hydroxylation sites is 2. The lowest BCUT2D eigenvalue weighted by Gasteiger charge is -2.12. The van der Waals surface area contributed by atoms with Crippen LogP contribution in [0.25, 0.3) is 16.3 Å². The highest BCUT2D eigenvalue weighted by Crippen LogP contribution is 2.45. The second kappa shape index (κ2) is 9.07. The minimum Gasteiger partial charge on any atom is -0.744 e. The Hall–Kier alpha value is -2.65. The van der Waals surface area contributed by atoms with Crippen LogP contribution in [0.3, 0.4) is 0 Å². The lowest BCUT2D eigenvalue weighted by atomic mass is 10.2. The molecule has 1 aliphatic rings. The lowest BCUT2D eigenvalue weighted by molar-refractivity contribution is -0.642. The van der Waals surface area contributed by atoms with Crippen LogP contribution in [0.1, 0.15) is 10.6 Å². The fraction of sp³-hybridized carbons (Fsp3) is 0.125. The Morgan fingerprint density at radius 1 is 0.969 bits per heavy atom. The third-order valence-electron chi connectivity index (χ3n) is 5.15. The van der Waals surface area contributed by atoms with Crippen LogP contribution < -0.4 is 9.47 Å². The van der Waals surface area contributed by atoms with Crippen molar-refractivity contribution in [3.8, 4) is 0 Å². The van der Waals surface area contributed by atoms with Gasteiger partial charge in [0.15, 0.2) is 0 Å². The van der Waals surface area contributed by atoms with E-state index in [2.05, 4.69) is 78.2 Å². The van der Waals surface area contributed by atoms with Gasteiger partial charge in [0.2, 0.25) is 5.52 Å². The second-order valence-corrected chi connectivity index (χ2v) is 10.8. The third kappa shape index (κ3) is 4.59. The number of aryl methyl sites for hydroxylation is 2. The van der Waals surface area contributed by atoms with E-state index in [0.29, 0.717) is 5.56 Å². The molecule has 32 heavy (non-hydrogen) atoms. The fourth-order valence-corrected chi connectivity index (χ4v) is 6.39. The van der Waals surface area contributed by atoms with Crippen molar-refractivity contribution in [1.29, 1.82) is 0 Å². The maximum atomic E-state index is 10.5. The third-order valence-corrected chi connectivity index (χ3v) is 8.48. The van der Waals surface area contributed by atoms with Crippen molar-refractivity contribution < 1.29 is 17.5 Å². The molecule has 3 aromatic carbocycles. The lowest BCUT2D eigenvalue weighted by Crippen LogP contribution is -2.29. The Labute approximate surface area is 196 Å². The van der Waals surface area contributed by atoms with E-state index in [9.17, 15) is 13.0 Å². The average Bonchev–Trinajstić information content (AvgIpc) is 3.25. The van der Waals surface area contributed by atoms with Crippen molar-refractivity contribution in [2.24, 2.45) is 7.05 Å². The normalized spacial score (nSPS) is 14.4. The molecule has 5 rings (SSSR count). The fourth-order valence-electron chi connectivity index (χ4n) is 3.44. The summed E-state index contributed by atoms with van der Waals surface area (Å²) >= 11 is 3.68. The Balaban J connectivity index is 0.000000189. The Bertz CT molecular complexity index is 1430. The molecular weight excluding hydrogens is 460 g/mol. The van der Waals surface area contributed by atoms with Gasteiger partial charge in [-0.15, -0.1) is 0 Å². The molecule has 5 nitrogen and oxygen atoms in total. The number of anilines is 1. The molecular formula is C24H22N2O3S3. The van der Waals surface area contributed by atoms with E-state index in [4.69, 9.17) is 0 Å². The molecule has 4 aromatic rings.